The van der Waals surface area contributed by atoms with E-state index in [9.17, 15) is 0 Å². The highest BCUT2D eigenvalue weighted by molar-refractivity contribution is 5.50. The monoisotopic (exact) mass is 268 g/mol. The van der Waals surface area contributed by atoms with E-state index in [0.717, 1.165) is 25.9 Å². The first-order valence-corrected chi connectivity index (χ1v) is 6.70. The summed E-state index contributed by atoms with van der Waals surface area (Å²) >= 11 is 0. The fraction of sp³-hybridized carbons (Fsp3) is 0.429. The molecule has 3 heterocycles. The van der Waals surface area contributed by atoms with Crippen molar-refractivity contribution >= 4 is 5.82 Å². The van der Waals surface area contributed by atoms with Gasteiger partial charge in [-0.15, -0.1) is 0 Å². The molecule has 0 radical (unpaired) electrons. The largest absolute Gasteiger partial charge is 0.354 e. The number of hydrogen-bond donors (Lipinski definition) is 0. The van der Waals surface area contributed by atoms with Crippen LogP contribution in [0.15, 0.2) is 24.8 Å². The van der Waals surface area contributed by atoms with Gasteiger partial charge in [0.1, 0.15) is 6.07 Å². The van der Waals surface area contributed by atoms with Gasteiger partial charge in [0, 0.05) is 38.7 Å². The second-order valence-corrected chi connectivity index (χ2v) is 5.17. The van der Waals surface area contributed by atoms with Crippen LogP contribution in [0.4, 0.5) is 5.82 Å². The molecule has 2 aromatic heterocycles. The van der Waals surface area contributed by atoms with Gasteiger partial charge in [-0.3, -0.25) is 4.68 Å². The van der Waals surface area contributed by atoms with Crippen LogP contribution in [0.5, 0.6) is 0 Å². The molecule has 1 aliphatic heterocycles. The Balaban J connectivity index is 1.69. The van der Waals surface area contributed by atoms with Gasteiger partial charge >= 0.3 is 0 Å². The van der Waals surface area contributed by atoms with Crippen molar-refractivity contribution in [1.82, 2.24) is 19.7 Å². The molecule has 0 amide bonds. The molecule has 1 atom stereocenters. The Hall–Kier alpha value is -2.42. The molecule has 0 spiro atoms. The van der Waals surface area contributed by atoms with Crippen LogP contribution in [-0.4, -0.2) is 32.8 Å². The minimum Gasteiger partial charge on any atom is -0.354 e. The number of hydrogen-bond acceptors (Lipinski definition) is 5. The lowest BCUT2D eigenvalue weighted by atomic mass is 10.0. The van der Waals surface area contributed by atoms with Gasteiger partial charge in [0.25, 0.3) is 0 Å². The van der Waals surface area contributed by atoms with Crippen molar-refractivity contribution in [2.45, 2.75) is 12.8 Å². The zero-order valence-electron chi connectivity index (χ0n) is 11.4. The summed E-state index contributed by atoms with van der Waals surface area (Å²) in [6.45, 7) is 1.85. The quantitative estimate of drug-likeness (QED) is 0.835. The van der Waals surface area contributed by atoms with Crippen LogP contribution in [0.2, 0.25) is 0 Å². The average Bonchev–Trinajstić information content (AvgIpc) is 3.08. The smallest absolute Gasteiger partial charge is 0.183 e. The predicted molar refractivity (Wildman–Crippen MR) is 74.0 cm³/mol. The molecule has 2 aromatic rings. The Morgan fingerprint density at radius 3 is 3.00 bits per heavy atom. The Morgan fingerprint density at radius 2 is 2.25 bits per heavy atom. The zero-order valence-corrected chi connectivity index (χ0v) is 11.4. The second-order valence-electron chi connectivity index (χ2n) is 5.17. The fourth-order valence-electron chi connectivity index (χ4n) is 2.74. The van der Waals surface area contributed by atoms with Crippen LogP contribution in [0.1, 0.15) is 17.7 Å². The normalized spacial score (nSPS) is 18.2. The van der Waals surface area contributed by atoms with Gasteiger partial charge < -0.3 is 4.90 Å². The molecule has 0 N–H and O–H groups in total. The Labute approximate surface area is 117 Å². The SMILES string of the molecule is Cn1cc(CC2CCN(c3nccnc3C#N)C2)cn1. The van der Waals surface area contributed by atoms with Crippen LogP contribution < -0.4 is 4.90 Å². The van der Waals surface area contributed by atoms with Gasteiger partial charge in [-0.1, -0.05) is 0 Å². The predicted octanol–water partition coefficient (Wildman–Crippen LogP) is 1.15. The van der Waals surface area contributed by atoms with E-state index in [4.69, 9.17) is 5.26 Å². The molecule has 1 unspecified atom stereocenters. The van der Waals surface area contributed by atoms with Crippen molar-refractivity contribution in [1.29, 1.82) is 5.26 Å². The molecule has 1 fully saturated rings. The van der Waals surface area contributed by atoms with Crippen molar-refractivity contribution in [2.24, 2.45) is 13.0 Å². The highest BCUT2D eigenvalue weighted by Gasteiger charge is 2.25. The number of aromatic nitrogens is 4. The van der Waals surface area contributed by atoms with Crippen LogP contribution in [0, 0.1) is 17.2 Å². The third-order valence-corrected chi connectivity index (χ3v) is 3.65. The van der Waals surface area contributed by atoms with E-state index in [1.807, 2.05) is 17.9 Å². The van der Waals surface area contributed by atoms with Gasteiger partial charge in [0.2, 0.25) is 0 Å². The van der Waals surface area contributed by atoms with Crippen molar-refractivity contribution in [3.05, 3.63) is 36.0 Å². The minimum atomic E-state index is 0.412. The van der Waals surface area contributed by atoms with Crippen LogP contribution in [0.25, 0.3) is 0 Å². The highest BCUT2D eigenvalue weighted by Crippen LogP contribution is 2.25. The highest BCUT2D eigenvalue weighted by atomic mass is 15.2. The molecule has 1 saturated heterocycles. The molecule has 0 bridgehead atoms. The molecule has 0 aliphatic carbocycles. The molecule has 1 aliphatic rings. The first kappa shape index (κ1) is 12.6. The van der Waals surface area contributed by atoms with Crippen molar-refractivity contribution < 1.29 is 0 Å². The Morgan fingerprint density at radius 1 is 1.40 bits per heavy atom. The van der Waals surface area contributed by atoms with E-state index in [1.165, 1.54) is 5.56 Å². The van der Waals surface area contributed by atoms with Gasteiger partial charge in [0.05, 0.1) is 6.20 Å². The molecule has 0 aromatic carbocycles. The molecule has 20 heavy (non-hydrogen) atoms. The molecule has 3 rings (SSSR count). The number of rotatable bonds is 3. The van der Waals surface area contributed by atoms with Crippen LogP contribution in [0.3, 0.4) is 0 Å². The lowest BCUT2D eigenvalue weighted by Crippen LogP contribution is -2.22. The van der Waals surface area contributed by atoms with E-state index >= 15 is 0 Å². The maximum absolute atomic E-state index is 9.09. The second kappa shape index (κ2) is 5.29. The summed E-state index contributed by atoms with van der Waals surface area (Å²) in [5, 5.41) is 13.3. The van der Waals surface area contributed by atoms with E-state index in [2.05, 4.69) is 32.2 Å². The topological polar surface area (TPSA) is 70.6 Å². The van der Waals surface area contributed by atoms with Crippen LogP contribution in [-0.2, 0) is 13.5 Å². The minimum absolute atomic E-state index is 0.412. The molecule has 102 valence electrons. The lowest BCUT2D eigenvalue weighted by Gasteiger charge is -2.17. The average molecular weight is 268 g/mol. The van der Waals surface area contributed by atoms with Crippen molar-refractivity contribution in [2.75, 3.05) is 18.0 Å². The van der Waals surface area contributed by atoms with Gasteiger partial charge in [-0.2, -0.15) is 10.4 Å². The molecular weight excluding hydrogens is 252 g/mol. The first-order valence-electron chi connectivity index (χ1n) is 6.70. The summed E-state index contributed by atoms with van der Waals surface area (Å²) in [7, 11) is 1.93. The van der Waals surface area contributed by atoms with E-state index in [1.54, 1.807) is 12.4 Å². The van der Waals surface area contributed by atoms with Crippen molar-refractivity contribution in [3.63, 3.8) is 0 Å². The maximum atomic E-state index is 9.09. The fourth-order valence-corrected chi connectivity index (χ4v) is 2.74. The molecule has 6 heteroatoms. The summed E-state index contributed by atoms with van der Waals surface area (Å²) in [5.74, 6) is 1.29. The summed E-state index contributed by atoms with van der Waals surface area (Å²) in [6, 6.07) is 2.11. The number of nitriles is 1. The zero-order chi connectivity index (χ0) is 13.9. The number of aryl methyl sites for hydroxylation is 1. The summed E-state index contributed by atoms with van der Waals surface area (Å²) in [4.78, 5) is 10.5. The molecule has 6 nitrogen and oxygen atoms in total. The van der Waals surface area contributed by atoms with E-state index in [-0.39, 0.29) is 0 Å². The summed E-state index contributed by atoms with van der Waals surface area (Å²) < 4.78 is 1.83. The molecule has 0 saturated carbocycles. The van der Waals surface area contributed by atoms with Crippen molar-refractivity contribution in [3.8, 4) is 6.07 Å². The standard InChI is InChI=1S/C14H16N6/c1-19-9-12(8-18-19)6-11-2-5-20(10-11)14-13(7-15)16-3-4-17-14/h3-4,8-9,11H,2,5-6,10H2,1H3. The third kappa shape index (κ3) is 2.48. The Kier molecular flexibility index (Phi) is 3.33. The maximum Gasteiger partial charge on any atom is 0.183 e. The number of nitrogens with zero attached hydrogens (tertiary/aromatic N) is 6. The van der Waals surface area contributed by atoms with Crippen LogP contribution >= 0.6 is 0 Å². The van der Waals surface area contributed by atoms with Gasteiger partial charge in [0.15, 0.2) is 11.5 Å². The van der Waals surface area contributed by atoms with E-state index in [0.29, 0.717) is 17.4 Å². The van der Waals surface area contributed by atoms with Gasteiger partial charge in [-0.25, -0.2) is 9.97 Å². The third-order valence-electron chi connectivity index (χ3n) is 3.65. The Bertz CT molecular complexity index is 641. The van der Waals surface area contributed by atoms with Gasteiger partial charge in [-0.05, 0) is 24.3 Å². The number of anilines is 1. The molecular formula is C14H16N6. The first-order chi connectivity index (χ1) is 9.76. The van der Waals surface area contributed by atoms with E-state index < -0.39 is 0 Å². The lowest BCUT2D eigenvalue weighted by molar-refractivity contribution is 0.585. The summed E-state index contributed by atoms with van der Waals surface area (Å²) in [5.41, 5.74) is 1.67. The summed E-state index contributed by atoms with van der Waals surface area (Å²) in [6.07, 6.45) is 9.32.